The summed E-state index contributed by atoms with van der Waals surface area (Å²) < 4.78 is 7.08. The topological polar surface area (TPSA) is 68.5 Å². The Labute approximate surface area is 163 Å². The largest absolute Gasteiger partial charge is 0.482 e. The van der Waals surface area contributed by atoms with Crippen molar-refractivity contribution < 1.29 is 19.4 Å². The minimum Gasteiger partial charge on any atom is -0.482 e. The molecule has 0 amide bonds. The number of nitrogens with zero attached hydrogens (tertiary/aromatic N) is 1. The van der Waals surface area contributed by atoms with Crippen LogP contribution in [0.15, 0.2) is 72.9 Å². The maximum atomic E-state index is 12.7. The van der Waals surface area contributed by atoms with E-state index in [2.05, 4.69) is 0 Å². The van der Waals surface area contributed by atoms with Gasteiger partial charge in [0, 0.05) is 18.3 Å². The monoisotopic (exact) mass is 375 g/mol. The van der Waals surface area contributed by atoms with E-state index in [-0.39, 0.29) is 12.4 Å². The van der Waals surface area contributed by atoms with Gasteiger partial charge in [0.15, 0.2) is 6.61 Å². The quantitative estimate of drug-likeness (QED) is 0.599. The fourth-order valence-electron chi connectivity index (χ4n) is 2.79. The van der Waals surface area contributed by atoms with Gasteiger partial charge in [0.05, 0.1) is 5.69 Å². The van der Waals surface area contributed by atoms with Gasteiger partial charge in [-0.2, -0.15) is 0 Å². The second-order valence-electron chi connectivity index (χ2n) is 6.40. The Balaban J connectivity index is 1.68. The van der Waals surface area contributed by atoms with Crippen molar-refractivity contribution in [2.45, 2.75) is 13.5 Å². The van der Waals surface area contributed by atoms with Crippen molar-refractivity contribution in [1.82, 2.24) is 4.57 Å². The van der Waals surface area contributed by atoms with Crippen LogP contribution in [0, 0.1) is 6.92 Å². The van der Waals surface area contributed by atoms with E-state index in [1.807, 2.05) is 72.3 Å². The van der Waals surface area contributed by atoms with E-state index < -0.39 is 5.97 Å². The van der Waals surface area contributed by atoms with Crippen molar-refractivity contribution in [1.29, 1.82) is 0 Å². The van der Waals surface area contributed by atoms with Crippen LogP contribution in [0.3, 0.4) is 0 Å². The number of carboxylic acid groups (broad SMARTS) is 1. The maximum Gasteiger partial charge on any atom is 0.341 e. The Morgan fingerprint density at radius 3 is 2.61 bits per heavy atom. The third-order valence-corrected chi connectivity index (χ3v) is 4.21. The maximum absolute atomic E-state index is 12.7. The Morgan fingerprint density at radius 1 is 1.07 bits per heavy atom. The molecule has 142 valence electrons. The number of hydrogen-bond donors (Lipinski definition) is 1. The second kappa shape index (κ2) is 8.86. The van der Waals surface area contributed by atoms with Crippen LogP contribution in [-0.2, 0) is 11.3 Å². The van der Waals surface area contributed by atoms with E-state index in [4.69, 9.17) is 9.84 Å². The second-order valence-corrected chi connectivity index (χ2v) is 6.40. The molecule has 0 radical (unpaired) electrons. The molecule has 0 unspecified atom stereocenters. The number of aromatic nitrogens is 1. The van der Waals surface area contributed by atoms with Crippen LogP contribution in [0.1, 0.15) is 27.2 Å². The molecule has 5 heteroatoms. The molecule has 0 spiro atoms. The smallest absolute Gasteiger partial charge is 0.341 e. The van der Waals surface area contributed by atoms with E-state index >= 15 is 0 Å². The fourth-order valence-corrected chi connectivity index (χ4v) is 2.79. The van der Waals surface area contributed by atoms with Gasteiger partial charge < -0.3 is 14.4 Å². The highest BCUT2D eigenvalue weighted by molar-refractivity contribution is 6.08. The highest BCUT2D eigenvalue weighted by atomic mass is 16.5. The number of ketones is 1. The van der Waals surface area contributed by atoms with Gasteiger partial charge in [-0.3, -0.25) is 4.79 Å². The molecule has 0 aliphatic carbocycles. The van der Waals surface area contributed by atoms with E-state index in [1.54, 1.807) is 18.2 Å². The van der Waals surface area contributed by atoms with Crippen LogP contribution in [0.5, 0.6) is 5.75 Å². The molecule has 28 heavy (non-hydrogen) atoms. The van der Waals surface area contributed by atoms with Crippen molar-refractivity contribution >= 4 is 17.8 Å². The molecule has 1 heterocycles. The predicted molar refractivity (Wildman–Crippen MR) is 108 cm³/mol. The Kier molecular flexibility index (Phi) is 6.07. The van der Waals surface area contributed by atoms with Gasteiger partial charge in [0.25, 0.3) is 0 Å². The molecule has 0 saturated carbocycles. The van der Waals surface area contributed by atoms with Gasteiger partial charge in [0.2, 0.25) is 5.78 Å². The number of rotatable bonds is 8. The first-order valence-corrected chi connectivity index (χ1v) is 8.90. The number of hydrogen-bond acceptors (Lipinski definition) is 3. The van der Waals surface area contributed by atoms with Crippen LogP contribution < -0.4 is 4.74 Å². The highest BCUT2D eigenvalue weighted by Crippen LogP contribution is 2.16. The summed E-state index contributed by atoms with van der Waals surface area (Å²) in [6, 6.07) is 18.4. The number of allylic oxidation sites excluding steroid dienone is 1. The lowest BCUT2D eigenvalue weighted by molar-refractivity contribution is -0.139. The third kappa shape index (κ3) is 4.98. The lowest BCUT2D eigenvalue weighted by Gasteiger charge is -2.07. The van der Waals surface area contributed by atoms with Gasteiger partial charge in [-0.1, -0.05) is 54.1 Å². The zero-order valence-electron chi connectivity index (χ0n) is 15.5. The first-order chi connectivity index (χ1) is 13.5. The first-order valence-electron chi connectivity index (χ1n) is 8.90. The van der Waals surface area contributed by atoms with Gasteiger partial charge in [0.1, 0.15) is 5.75 Å². The summed E-state index contributed by atoms with van der Waals surface area (Å²) in [5.74, 6) is -0.525. The molecule has 0 aliphatic heterocycles. The van der Waals surface area contributed by atoms with E-state index in [0.29, 0.717) is 23.6 Å². The molecule has 3 aromatic rings. The molecule has 0 atom stereocenters. The number of carbonyl (C=O) groups excluding carboxylic acids is 1. The van der Waals surface area contributed by atoms with Crippen molar-refractivity contribution in [2.24, 2.45) is 0 Å². The SMILES string of the molecule is Cc1ccc(C(=O)c2cccn2C/C=C/c2cccc(OCC(=O)O)c2)cc1. The summed E-state index contributed by atoms with van der Waals surface area (Å²) in [6.45, 7) is 2.16. The Hall–Kier alpha value is -3.60. The molecule has 2 aromatic carbocycles. The lowest BCUT2D eigenvalue weighted by Crippen LogP contribution is -2.09. The minimum absolute atomic E-state index is 0.0116. The van der Waals surface area contributed by atoms with E-state index in [0.717, 1.165) is 11.1 Å². The average molecular weight is 375 g/mol. The molecule has 1 N–H and O–H groups in total. The van der Waals surface area contributed by atoms with E-state index in [9.17, 15) is 9.59 Å². The molecule has 0 saturated heterocycles. The van der Waals surface area contributed by atoms with E-state index in [1.165, 1.54) is 0 Å². The lowest BCUT2D eigenvalue weighted by atomic mass is 10.1. The molecule has 0 bridgehead atoms. The summed E-state index contributed by atoms with van der Waals surface area (Å²) >= 11 is 0. The standard InChI is InChI=1S/C23H21NO4/c1-17-9-11-19(12-10-17)23(27)21-8-4-14-24(21)13-3-6-18-5-2-7-20(15-18)28-16-22(25)26/h2-12,14-15H,13,16H2,1H3,(H,25,26)/b6-3+. The molecule has 1 aromatic heterocycles. The van der Waals surface area contributed by atoms with Crippen molar-refractivity contribution in [3.63, 3.8) is 0 Å². The fraction of sp³-hybridized carbons (Fsp3) is 0.130. The van der Waals surface area contributed by atoms with Gasteiger partial charge in [-0.05, 0) is 36.8 Å². The van der Waals surface area contributed by atoms with Crippen molar-refractivity contribution in [3.05, 3.63) is 95.3 Å². The molecule has 5 nitrogen and oxygen atoms in total. The number of carbonyl (C=O) groups is 2. The first kappa shape index (κ1) is 19.2. The number of aliphatic carboxylic acids is 1. The van der Waals surface area contributed by atoms with Crippen molar-refractivity contribution in [3.8, 4) is 5.75 Å². The van der Waals surface area contributed by atoms with Crippen LogP contribution in [-0.4, -0.2) is 28.0 Å². The third-order valence-electron chi connectivity index (χ3n) is 4.21. The average Bonchev–Trinajstić information content (AvgIpc) is 3.15. The van der Waals surface area contributed by atoms with Gasteiger partial charge in [-0.15, -0.1) is 0 Å². The van der Waals surface area contributed by atoms with Crippen LogP contribution in [0.4, 0.5) is 0 Å². The number of aryl methyl sites for hydroxylation is 1. The summed E-state index contributed by atoms with van der Waals surface area (Å²) in [6.07, 6.45) is 5.73. The van der Waals surface area contributed by atoms with Crippen LogP contribution >= 0.6 is 0 Å². The number of carboxylic acids is 1. The number of benzene rings is 2. The van der Waals surface area contributed by atoms with Crippen molar-refractivity contribution in [2.75, 3.05) is 6.61 Å². The molecule has 3 rings (SSSR count). The van der Waals surface area contributed by atoms with Gasteiger partial charge >= 0.3 is 5.97 Å². The van der Waals surface area contributed by atoms with Gasteiger partial charge in [-0.25, -0.2) is 4.79 Å². The summed E-state index contributed by atoms with van der Waals surface area (Å²) in [5.41, 5.74) is 3.30. The molecular weight excluding hydrogens is 354 g/mol. The Bertz CT molecular complexity index is 999. The van der Waals surface area contributed by atoms with Crippen LogP contribution in [0.25, 0.3) is 6.08 Å². The summed E-state index contributed by atoms with van der Waals surface area (Å²) in [5, 5.41) is 8.69. The zero-order valence-corrected chi connectivity index (χ0v) is 15.5. The normalized spacial score (nSPS) is 10.9. The number of ether oxygens (including phenoxy) is 1. The highest BCUT2D eigenvalue weighted by Gasteiger charge is 2.12. The van der Waals surface area contributed by atoms with Crippen LogP contribution in [0.2, 0.25) is 0 Å². The molecule has 0 fully saturated rings. The summed E-state index contributed by atoms with van der Waals surface area (Å²) in [7, 11) is 0. The minimum atomic E-state index is -1.01. The zero-order chi connectivity index (χ0) is 19.9. The predicted octanol–water partition coefficient (Wildman–Crippen LogP) is 4.20. The Morgan fingerprint density at radius 2 is 1.86 bits per heavy atom. The molecule has 0 aliphatic rings. The molecular formula is C23H21NO4. The summed E-state index contributed by atoms with van der Waals surface area (Å²) in [4.78, 5) is 23.3.